The van der Waals surface area contributed by atoms with Crippen LogP contribution in [0.25, 0.3) is 0 Å². The molecule has 1 aliphatic heterocycles. The Kier molecular flexibility index (Phi) is 3.72. The van der Waals surface area contributed by atoms with Gasteiger partial charge >= 0.3 is 0 Å². The predicted octanol–water partition coefficient (Wildman–Crippen LogP) is 2.69. The molecule has 2 heterocycles. The van der Waals surface area contributed by atoms with Gasteiger partial charge in [0.25, 0.3) is 0 Å². The second kappa shape index (κ2) is 5.50. The summed E-state index contributed by atoms with van der Waals surface area (Å²) < 4.78 is 1.18. The summed E-state index contributed by atoms with van der Waals surface area (Å²) in [7, 11) is 0. The number of nitrogen functional groups attached to an aromatic ring is 1. The smallest absolute Gasteiger partial charge is 0.220 e. The molecular formula is C15H17BrN4. The van der Waals surface area contributed by atoms with E-state index in [1.807, 2.05) is 6.20 Å². The lowest BCUT2D eigenvalue weighted by atomic mass is 10.1. The lowest BCUT2D eigenvalue weighted by Crippen LogP contribution is -2.31. The zero-order valence-corrected chi connectivity index (χ0v) is 13.0. The zero-order valence-electron chi connectivity index (χ0n) is 11.4. The number of fused-ring (bicyclic) bond motifs is 1. The Morgan fingerprint density at radius 1 is 1.40 bits per heavy atom. The van der Waals surface area contributed by atoms with Crippen LogP contribution < -0.4 is 5.73 Å². The molecule has 0 spiro atoms. The number of rotatable bonds is 2. The Hall–Kier alpha value is -1.46. The number of anilines is 1. The maximum atomic E-state index is 5.63. The van der Waals surface area contributed by atoms with E-state index in [1.165, 1.54) is 21.2 Å². The van der Waals surface area contributed by atoms with Gasteiger partial charge in [-0.1, -0.05) is 28.1 Å². The quantitative estimate of drug-likeness (QED) is 0.918. The van der Waals surface area contributed by atoms with Gasteiger partial charge in [0, 0.05) is 42.3 Å². The van der Waals surface area contributed by atoms with Gasteiger partial charge in [0.1, 0.15) is 0 Å². The van der Waals surface area contributed by atoms with Gasteiger partial charge < -0.3 is 5.73 Å². The molecule has 0 saturated carbocycles. The van der Waals surface area contributed by atoms with Crippen LogP contribution in [0.2, 0.25) is 0 Å². The number of halogens is 1. The van der Waals surface area contributed by atoms with E-state index in [0.29, 0.717) is 5.95 Å². The van der Waals surface area contributed by atoms with Crippen LogP contribution in [0, 0.1) is 6.92 Å². The first kappa shape index (κ1) is 13.5. The molecule has 0 bridgehead atoms. The fourth-order valence-electron chi connectivity index (χ4n) is 2.55. The molecule has 5 heteroatoms. The standard InChI is InChI=1S/C15H17BrN4/c1-10-2-3-11(13(16)6-10)8-20-5-4-14-12(9-20)7-18-15(17)19-14/h2-3,6-7H,4-5,8-9H2,1H3,(H2,17,18,19). The van der Waals surface area contributed by atoms with Gasteiger partial charge in [-0.3, -0.25) is 4.90 Å². The van der Waals surface area contributed by atoms with E-state index in [1.54, 1.807) is 0 Å². The van der Waals surface area contributed by atoms with Crippen LogP contribution >= 0.6 is 15.9 Å². The first-order valence-electron chi connectivity index (χ1n) is 6.69. The SMILES string of the molecule is Cc1ccc(CN2CCc3nc(N)ncc3C2)c(Br)c1. The van der Waals surface area contributed by atoms with Gasteiger partial charge in [0.05, 0.1) is 5.69 Å². The molecular weight excluding hydrogens is 316 g/mol. The van der Waals surface area contributed by atoms with Crippen molar-refractivity contribution in [3.63, 3.8) is 0 Å². The summed E-state index contributed by atoms with van der Waals surface area (Å²) in [5.41, 5.74) is 10.5. The summed E-state index contributed by atoms with van der Waals surface area (Å²) in [6.07, 6.45) is 2.79. The van der Waals surface area contributed by atoms with Crippen LogP contribution in [0.3, 0.4) is 0 Å². The minimum Gasteiger partial charge on any atom is -0.368 e. The first-order chi connectivity index (χ1) is 9.61. The molecule has 20 heavy (non-hydrogen) atoms. The van der Waals surface area contributed by atoms with Crippen molar-refractivity contribution in [1.29, 1.82) is 0 Å². The fraction of sp³-hybridized carbons (Fsp3) is 0.333. The van der Waals surface area contributed by atoms with Gasteiger partial charge in [-0.2, -0.15) is 0 Å². The molecule has 3 rings (SSSR count). The van der Waals surface area contributed by atoms with Crippen LogP contribution in [-0.2, 0) is 19.5 Å². The van der Waals surface area contributed by atoms with Gasteiger partial charge in [-0.15, -0.1) is 0 Å². The number of aryl methyl sites for hydroxylation is 1. The lowest BCUT2D eigenvalue weighted by Gasteiger charge is -2.28. The van der Waals surface area contributed by atoms with Gasteiger partial charge in [-0.05, 0) is 24.1 Å². The Morgan fingerprint density at radius 3 is 3.05 bits per heavy atom. The molecule has 1 aromatic heterocycles. The van der Waals surface area contributed by atoms with Crippen LogP contribution in [0.4, 0.5) is 5.95 Å². The van der Waals surface area contributed by atoms with Crippen molar-refractivity contribution in [2.24, 2.45) is 0 Å². The lowest BCUT2D eigenvalue weighted by molar-refractivity contribution is 0.242. The second-order valence-corrected chi connectivity index (χ2v) is 6.11. The Morgan fingerprint density at radius 2 is 2.25 bits per heavy atom. The zero-order chi connectivity index (χ0) is 14.1. The van der Waals surface area contributed by atoms with Crippen molar-refractivity contribution in [1.82, 2.24) is 14.9 Å². The number of nitrogens with two attached hydrogens (primary N) is 1. The highest BCUT2D eigenvalue weighted by Gasteiger charge is 2.18. The van der Waals surface area contributed by atoms with Crippen molar-refractivity contribution < 1.29 is 0 Å². The highest BCUT2D eigenvalue weighted by atomic mass is 79.9. The molecule has 2 aromatic rings. The third-order valence-electron chi connectivity index (χ3n) is 3.63. The van der Waals surface area contributed by atoms with Crippen molar-refractivity contribution in [3.05, 3.63) is 51.3 Å². The predicted molar refractivity (Wildman–Crippen MR) is 83.1 cm³/mol. The average molecular weight is 333 g/mol. The fourth-order valence-corrected chi connectivity index (χ4v) is 3.17. The molecule has 2 N–H and O–H groups in total. The number of aromatic nitrogens is 2. The minimum absolute atomic E-state index is 0.374. The molecule has 4 nitrogen and oxygen atoms in total. The molecule has 1 aromatic carbocycles. The molecule has 0 amide bonds. The van der Waals surface area contributed by atoms with E-state index in [-0.39, 0.29) is 0 Å². The second-order valence-electron chi connectivity index (χ2n) is 5.26. The maximum Gasteiger partial charge on any atom is 0.220 e. The average Bonchev–Trinajstić information content (AvgIpc) is 2.42. The van der Waals surface area contributed by atoms with Crippen molar-refractivity contribution >= 4 is 21.9 Å². The third-order valence-corrected chi connectivity index (χ3v) is 4.37. The number of hydrogen-bond acceptors (Lipinski definition) is 4. The van der Waals surface area contributed by atoms with E-state index >= 15 is 0 Å². The Balaban J connectivity index is 1.75. The highest BCUT2D eigenvalue weighted by molar-refractivity contribution is 9.10. The summed E-state index contributed by atoms with van der Waals surface area (Å²) in [5, 5.41) is 0. The van der Waals surface area contributed by atoms with Gasteiger partial charge in [0.2, 0.25) is 5.95 Å². The summed E-state index contributed by atoms with van der Waals surface area (Å²) in [6, 6.07) is 6.51. The topological polar surface area (TPSA) is 55.0 Å². The molecule has 0 radical (unpaired) electrons. The van der Waals surface area contributed by atoms with Gasteiger partial charge in [0.15, 0.2) is 0 Å². The van der Waals surface area contributed by atoms with E-state index < -0.39 is 0 Å². The van der Waals surface area contributed by atoms with E-state index in [4.69, 9.17) is 5.73 Å². The minimum atomic E-state index is 0.374. The molecule has 0 aliphatic carbocycles. The van der Waals surface area contributed by atoms with Crippen molar-refractivity contribution in [2.75, 3.05) is 12.3 Å². The molecule has 0 unspecified atom stereocenters. The monoisotopic (exact) mass is 332 g/mol. The molecule has 0 fully saturated rings. The molecule has 0 saturated heterocycles. The summed E-state index contributed by atoms with van der Waals surface area (Å²) in [6.45, 7) is 4.93. The van der Waals surface area contributed by atoms with E-state index in [2.05, 4.69) is 55.9 Å². The summed E-state index contributed by atoms with van der Waals surface area (Å²) in [4.78, 5) is 10.8. The van der Waals surface area contributed by atoms with Crippen LogP contribution in [0.1, 0.15) is 22.4 Å². The van der Waals surface area contributed by atoms with Crippen molar-refractivity contribution in [2.45, 2.75) is 26.4 Å². The van der Waals surface area contributed by atoms with Crippen molar-refractivity contribution in [3.8, 4) is 0 Å². The number of nitrogens with zero attached hydrogens (tertiary/aromatic N) is 3. The van der Waals surface area contributed by atoms with E-state index in [0.717, 1.165) is 31.7 Å². The van der Waals surface area contributed by atoms with Crippen LogP contribution in [0.5, 0.6) is 0 Å². The Labute approximate surface area is 127 Å². The largest absolute Gasteiger partial charge is 0.368 e. The van der Waals surface area contributed by atoms with Gasteiger partial charge in [-0.25, -0.2) is 9.97 Å². The number of hydrogen-bond donors (Lipinski definition) is 1. The summed E-state index contributed by atoms with van der Waals surface area (Å²) >= 11 is 3.65. The third kappa shape index (κ3) is 2.83. The van der Waals surface area contributed by atoms with Crippen LogP contribution in [0.15, 0.2) is 28.9 Å². The number of benzene rings is 1. The first-order valence-corrected chi connectivity index (χ1v) is 7.49. The highest BCUT2D eigenvalue weighted by Crippen LogP contribution is 2.23. The molecule has 0 atom stereocenters. The maximum absolute atomic E-state index is 5.63. The summed E-state index contributed by atoms with van der Waals surface area (Å²) in [5.74, 6) is 0.374. The van der Waals surface area contributed by atoms with E-state index in [9.17, 15) is 0 Å². The normalized spacial score (nSPS) is 15.1. The van der Waals surface area contributed by atoms with Crippen LogP contribution in [-0.4, -0.2) is 21.4 Å². The molecule has 1 aliphatic rings. The molecule has 104 valence electrons. The Bertz CT molecular complexity index is 642.